The highest BCUT2D eigenvalue weighted by Crippen LogP contribution is 2.16. The molecule has 19 heavy (non-hydrogen) atoms. The number of carboxylic acids is 2. The molecular weight excluding hydrogens is 254 g/mol. The van der Waals surface area contributed by atoms with Crippen LogP contribution in [0.5, 0.6) is 0 Å². The van der Waals surface area contributed by atoms with Gasteiger partial charge in [-0.2, -0.15) is 0 Å². The van der Waals surface area contributed by atoms with Crippen LogP contribution in [0.15, 0.2) is 18.2 Å². The fraction of sp³-hybridized carbons (Fsp3) is 0.250. The quantitative estimate of drug-likeness (QED) is 0.710. The van der Waals surface area contributed by atoms with E-state index in [-0.39, 0.29) is 23.4 Å². The summed E-state index contributed by atoms with van der Waals surface area (Å²) in [6.07, 6.45) is 0. The van der Waals surface area contributed by atoms with Crippen LogP contribution in [-0.4, -0.2) is 41.3 Å². The smallest absolute Gasteiger partial charge is 0.336 e. The summed E-state index contributed by atoms with van der Waals surface area (Å²) >= 11 is 0. The first kappa shape index (κ1) is 14.7. The van der Waals surface area contributed by atoms with Gasteiger partial charge in [0.1, 0.15) is 6.61 Å². The molecule has 0 atom stereocenters. The molecule has 102 valence electrons. The molecule has 0 spiro atoms. The van der Waals surface area contributed by atoms with Crippen LogP contribution in [0.2, 0.25) is 0 Å². The van der Waals surface area contributed by atoms with Gasteiger partial charge in [0.25, 0.3) is 0 Å². The molecule has 0 aromatic heterocycles. The molecule has 0 aliphatic carbocycles. The molecule has 7 heteroatoms. The minimum atomic E-state index is -1.38. The molecule has 0 aliphatic heterocycles. The van der Waals surface area contributed by atoms with E-state index in [4.69, 9.17) is 14.9 Å². The molecule has 0 radical (unpaired) electrons. The predicted molar refractivity (Wildman–Crippen MR) is 65.5 cm³/mol. The second-order valence-corrected chi connectivity index (χ2v) is 3.56. The maximum atomic E-state index is 11.4. The molecule has 0 fully saturated rings. The SMILES string of the molecule is CCOCC(=O)Nc1ccc(C(=O)O)c(C(=O)O)c1. The molecule has 1 rings (SSSR count). The number of rotatable bonds is 6. The third-order valence-corrected chi connectivity index (χ3v) is 2.20. The first-order valence-corrected chi connectivity index (χ1v) is 5.44. The fourth-order valence-electron chi connectivity index (χ4n) is 1.38. The summed E-state index contributed by atoms with van der Waals surface area (Å²) in [5, 5.41) is 20.2. The molecule has 1 aromatic rings. The van der Waals surface area contributed by atoms with Crippen LogP contribution in [0.1, 0.15) is 27.6 Å². The van der Waals surface area contributed by atoms with Crippen molar-refractivity contribution in [2.75, 3.05) is 18.5 Å². The number of aromatic carboxylic acids is 2. The van der Waals surface area contributed by atoms with Crippen LogP contribution in [0.4, 0.5) is 5.69 Å². The molecule has 3 N–H and O–H groups in total. The highest BCUT2D eigenvalue weighted by Gasteiger charge is 2.16. The van der Waals surface area contributed by atoms with Gasteiger partial charge >= 0.3 is 11.9 Å². The number of carbonyl (C=O) groups excluding carboxylic acids is 1. The Labute approximate surface area is 108 Å². The van der Waals surface area contributed by atoms with Crippen LogP contribution < -0.4 is 5.32 Å². The topological polar surface area (TPSA) is 113 Å². The molecule has 7 nitrogen and oxygen atoms in total. The molecule has 0 saturated heterocycles. The van der Waals surface area contributed by atoms with Gasteiger partial charge in [-0.25, -0.2) is 9.59 Å². The van der Waals surface area contributed by atoms with Crippen molar-refractivity contribution < 1.29 is 29.3 Å². The van der Waals surface area contributed by atoms with Crippen LogP contribution in [0.25, 0.3) is 0 Å². The highest BCUT2D eigenvalue weighted by molar-refractivity contribution is 6.03. The minimum absolute atomic E-state index is 0.153. The van der Waals surface area contributed by atoms with E-state index in [2.05, 4.69) is 5.32 Å². The summed E-state index contributed by atoms with van der Waals surface area (Å²) < 4.78 is 4.88. The summed E-state index contributed by atoms with van der Waals surface area (Å²) in [6, 6.07) is 3.54. The normalized spacial score (nSPS) is 9.95. The molecule has 0 aliphatic rings. The molecular formula is C12H13NO6. The first-order chi connectivity index (χ1) is 8.95. The van der Waals surface area contributed by atoms with Crippen molar-refractivity contribution >= 4 is 23.5 Å². The standard InChI is InChI=1S/C12H13NO6/c1-2-19-6-10(14)13-7-3-4-8(11(15)16)9(5-7)12(17)18/h3-5H,2,6H2,1H3,(H,13,14)(H,15,16)(H,17,18). The van der Waals surface area contributed by atoms with E-state index in [1.165, 1.54) is 6.07 Å². The van der Waals surface area contributed by atoms with Crippen molar-refractivity contribution in [2.45, 2.75) is 6.92 Å². The summed E-state index contributed by atoms with van der Waals surface area (Å²) in [4.78, 5) is 33.1. The number of benzene rings is 1. The molecule has 1 aromatic carbocycles. The van der Waals surface area contributed by atoms with Crippen molar-refractivity contribution in [3.63, 3.8) is 0 Å². The summed E-state index contributed by atoms with van der Waals surface area (Å²) in [7, 11) is 0. The minimum Gasteiger partial charge on any atom is -0.478 e. The zero-order valence-corrected chi connectivity index (χ0v) is 10.2. The van der Waals surface area contributed by atoms with E-state index in [1.54, 1.807) is 6.92 Å². The zero-order valence-electron chi connectivity index (χ0n) is 10.2. The van der Waals surface area contributed by atoms with Gasteiger partial charge in [0.05, 0.1) is 11.1 Å². The van der Waals surface area contributed by atoms with Gasteiger partial charge in [-0.1, -0.05) is 0 Å². The van der Waals surface area contributed by atoms with Crippen molar-refractivity contribution in [1.82, 2.24) is 0 Å². The van der Waals surface area contributed by atoms with Crippen molar-refractivity contribution in [3.05, 3.63) is 29.3 Å². The Morgan fingerprint density at radius 2 is 1.79 bits per heavy atom. The van der Waals surface area contributed by atoms with Gasteiger partial charge in [-0.05, 0) is 25.1 Å². The molecule has 0 unspecified atom stereocenters. The maximum absolute atomic E-state index is 11.4. The molecule has 1 amide bonds. The average molecular weight is 267 g/mol. The van der Waals surface area contributed by atoms with Crippen LogP contribution in [-0.2, 0) is 9.53 Å². The van der Waals surface area contributed by atoms with Gasteiger partial charge < -0.3 is 20.3 Å². The first-order valence-electron chi connectivity index (χ1n) is 5.44. The average Bonchev–Trinajstić information content (AvgIpc) is 2.35. The van der Waals surface area contributed by atoms with Crippen LogP contribution in [0, 0.1) is 0 Å². The zero-order chi connectivity index (χ0) is 14.4. The lowest BCUT2D eigenvalue weighted by Gasteiger charge is -2.08. The van der Waals surface area contributed by atoms with Crippen molar-refractivity contribution in [3.8, 4) is 0 Å². The Morgan fingerprint density at radius 3 is 2.32 bits per heavy atom. The largest absolute Gasteiger partial charge is 0.478 e. The van der Waals surface area contributed by atoms with Gasteiger partial charge in [-0.15, -0.1) is 0 Å². The number of carboxylic acid groups (broad SMARTS) is 2. The lowest BCUT2D eigenvalue weighted by atomic mass is 10.1. The van der Waals surface area contributed by atoms with Gasteiger partial charge in [0.2, 0.25) is 5.91 Å². The van der Waals surface area contributed by atoms with Crippen molar-refractivity contribution in [2.24, 2.45) is 0 Å². The van der Waals surface area contributed by atoms with Crippen LogP contribution in [0.3, 0.4) is 0 Å². The predicted octanol–water partition coefficient (Wildman–Crippen LogP) is 1.06. The van der Waals surface area contributed by atoms with Crippen LogP contribution >= 0.6 is 0 Å². The third-order valence-electron chi connectivity index (χ3n) is 2.20. The van der Waals surface area contributed by atoms with E-state index in [9.17, 15) is 14.4 Å². The molecule has 0 heterocycles. The summed E-state index contributed by atoms with van der Waals surface area (Å²) in [5.41, 5.74) is -0.524. The second kappa shape index (κ2) is 6.50. The highest BCUT2D eigenvalue weighted by atomic mass is 16.5. The monoisotopic (exact) mass is 267 g/mol. The number of carbonyl (C=O) groups is 3. The van der Waals surface area contributed by atoms with E-state index in [0.29, 0.717) is 6.61 Å². The number of ether oxygens (including phenoxy) is 1. The summed E-state index contributed by atoms with van der Waals surface area (Å²) in [5.74, 6) is -3.16. The van der Waals surface area contributed by atoms with Crippen molar-refractivity contribution in [1.29, 1.82) is 0 Å². The molecule has 0 bridgehead atoms. The Hall–Kier alpha value is -2.41. The van der Waals surface area contributed by atoms with Gasteiger partial charge in [-0.3, -0.25) is 4.79 Å². The number of hydrogen-bond donors (Lipinski definition) is 3. The second-order valence-electron chi connectivity index (χ2n) is 3.56. The lowest BCUT2D eigenvalue weighted by molar-refractivity contribution is -0.120. The van der Waals surface area contributed by atoms with Gasteiger partial charge in [0.15, 0.2) is 0 Å². The van der Waals surface area contributed by atoms with E-state index in [0.717, 1.165) is 12.1 Å². The maximum Gasteiger partial charge on any atom is 0.336 e. The summed E-state index contributed by atoms with van der Waals surface area (Å²) in [6.45, 7) is 1.96. The number of anilines is 1. The Bertz CT molecular complexity index is 511. The lowest BCUT2D eigenvalue weighted by Crippen LogP contribution is -2.19. The van der Waals surface area contributed by atoms with E-state index >= 15 is 0 Å². The van der Waals surface area contributed by atoms with E-state index in [1.807, 2.05) is 0 Å². The number of hydrogen-bond acceptors (Lipinski definition) is 4. The third kappa shape index (κ3) is 4.07. The Balaban J connectivity index is 2.93. The Morgan fingerprint density at radius 1 is 1.16 bits per heavy atom. The Kier molecular flexibility index (Phi) is 5.01. The molecule has 0 saturated carbocycles. The van der Waals surface area contributed by atoms with Gasteiger partial charge in [0, 0.05) is 12.3 Å². The number of amides is 1. The van der Waals surface area contributed by atoms with E-state index < -0.39 is 17.8 Å². The number of nitrogens with one attached hydrogen (secondary N) is 1. The fourth-order valence-corrected chi connectivity index (χ4v) is 1.38.